The lowest BCUT2D eigenvalue weighted by molar-refractivity contribution is 0.0613. The molecule has 0 radical (unpaired) electrons. The summed E-state index contributed by atoms with van der Waals surface area (Å²) in [6.07, 6.45) is 1.45. The minimum atomic E-state index is -0.0971. The van der Waals surface area contributed by atoms with E-state index in [2.05, 4.69) is 20.3 Å². The van der Waals surface area contributed by atoms with Gasteiger partial charge in [0.25, 0.3) is 5.91 Å². The second-order valence-corrected chi connectivity index (χ2v) is 5.20. The lowest BCUT2D eigenvalue weighted by Gasteiger charge is -2.33. The van der Waals surface area contributed by atoms with Gasteiger partial charge >= 0.3 is 0 Å². The van der Waals surface area contributed by atoms with Crippen molar-refractivity contribution < 1.29 is 9.32 Å². The third kappa shape index (κ3) is 2.89. The Hall–Kier alpha value is -2.35. The SMILES string of the molecule is Cc1cc(CN2CCN(C(=O)c3[nH]ncc3N)CC2)on1. The van der Waals surface area contributed by atoms with Crippen molar-refractivity contribution in [3.05, 3.63) is 29.4 Å². The van der Waals surface area contributed by atoms with Crippen molar-refractivity contribution in [3.8, 4) is 0 Å². The molecule has 1 aliphatic rings. The third-order valence-electron chi connectivity index (χ3n) is 3.60. The van der Waals surface area contributed by atoms with Crippen LogP contribution in [0, 0.1) is 6.92 Å². The minimum Gasteiger partial charge on any atom is -0.396 e. The predicted octanol–water partition coefficient (Wildman–Crippen LogP) is 0.246. The molecule has 1 saturated heterocycles. The van der Waals surface area contributed by atoms with E-state index in [-0.39, 0.29) is 5.91 Å². The first kappa shape index (κ1) is 13.6. The standard InChI is InChI=1S/C13H18N6O2/c1-9-6-10(21-17-9)8-18-2-4-19(5-3-18)13(20)12-11(14)7-15-16-12/h6-7H,2-5,8,14H2,1H3,(H,15,16). The van der Waals surface area contributed by atoms with Crippen LogP contribution in [0.15, 0.2) is 16.8 Å². The van der Waals surface area contributed by atoms with Crippen LogP contribution in [-0.4, -0.2) is 57.2 Å². The number of nitrogens with two attached hydrogens (primary N) is 1. The summed E-state index contributed by atoms with van der Waals surface area (Å²) in [6, 6.07) is 1.93. The molecular weight excluding hydrogens is 272 g/mol. The van der Waals surface area contributed by atoms with Gasteiger partial charge in [0, 0.05) is 32.2 Å². The van der Waals surface area contributed by atoms with Crippen LogP contribution in [0.2, 0.25) is 0 Å². The summed E-state index contributed by atoms with van der Waals surface area (Å²) >= 11 is 0. The molecule has 0 atom stereocenters. The number of hydrogen-bond acceptors (Lipinski definition) is 6. The lowest BCUT2D eigenvalue weighted by Crippen LogP contribution is -2.48. The summed E-state index contributed by atoms with van der Waals surface area (Å²) in [5.41, 5.74) is 7.35. The van der Waals surface area contributed by atoms with Gasteiger partial charge in [-0.3, -0.25) is 14.8 Å². The molecule has 8 nitrogen and oxygen atoms in total. The van der Waals surface area contributed by atoms with Crippen LogP contribution in [0.4, 0.5) is 5.69 Å². The number of aromatic nitrogens is 3. The summed E-state index contributed by atoms with van der Waals surface area (Å²) in [6.45, 7) is 5.52. The second-order valence-electron chi connectivity index (χ2n) is 5.20. The highest BCUT2D eigenvalue weighted by molar-refractivity contribution is 5.97. The molecule has 1 fully saturated rings. The average Bonchev–Trinajstić information content (AvgIpc) is 3.08. The quantitative estimate of drug-likeness (QED) is 0.839. The van der Waals surface area contributed by atoms with Gasteiger partial charge in [-0.2, -0.15) is 5.10 Å². The monoisotopic (exact) mass is 290 g/mol. The van der Waals surface area contributed by atoms with Crippen LogP contribution in [0.3, 0.4) is 0 Å². The number of aryl methyl sites for hydroxylation is 1. The van der Waals surface area contributed by atoms with Gasteiger partial charge in [0.2, 0.25) is 0 Å². The molecule has 0 aliphatic carbocycles. The highest BCUT2D eigenvalue weighted by atomic mass is 16.5. The number of rotatable bonds is 3. The Morgan fingerprint density at radius 2 is 2.19 bits per heavy atom. The molecule has 8 heteroatoms. The molecule has 112 valence electrons. The van der Waals surface area contributed by atoms with Gasteiger partial charge in [-0.1, -0.05) is 5.16 Å². The summed E-state index contributed by atoms with van der Waals surface area (Å²) in [4.78, 5) is 16.3. The fourth-order valence-corrected chi connectivity index (χ4v) is 2.45. The van der Waals surface area contributed by atoms with Crippen LogP contribution < -0.4 is 5.73 Å². The normalized spacial score (nSPS) is 16.3. The summed E-state index contributed by atoms with van der Waals surface area (Å²) in [5, 5.41) is 10.3. The Morgan fingerprint density at radius 1 is 1.43 bits per heavy atom. The van der Waals surface area contributed by atoms with Gasteiger partial charge < -0.3 is 15.2 Å². The highest BCUT2D eigenvalue weighted by Gasteiger charge is 2.24. The van der Waals surface area contributed by atoms with Crippen molar-refractivity contribution in [2.24, 2.45) is 0 Å². The van der Waals surface area contributed by atoms with E-state index in [4.69, 9.17) is 10.3 Å². The second kappa shape index (κ2) is 5.57. The van der Waals surface area contributed by atoms with Crippen LogP contribution in [-0.2, 0) is 6.54 Å². The number of carbonyl (C=O) groups excluding carboxylic acids is 1. The number of carbonyl (C=O) groups is 1. The molecule has 0 aromatic carbocycles. The molecule has 21 heavy (non-hydrogen) atoms. The Morgan fingerprint density at radius 3 is 2.76 bits per heavy atom. The van der Waals surface area contributed by atoms with E-state index in [0.717, 1.165) is 31.1 Å². The van der Waals surface area contributed by atoms with E-state index in [0.29, 0.717) is 24.5 Å². The molecule has 3 rings (SSSR count). The fraction of sp³-hybridized carbons (Fsp3) is 0.462. The molecule has 0 saturated carbocycles. The van der Waals surface area contributed by atoms with Gasteiger partial charge in [-0.05, 0) is 6.92 Å². The Kier molecular flexibility index (Phi) is 3.61. The van der Waals surface area contributed by atoms with E-state index in [1.54, 1.807) is 4.90 Å². The zero-order chi connectivity index (χ0) is 14.8. The van der Waals surface area contributed by atoms with Crippen molar-refractivity contribution in [2.75, 3.05) is 31.9 Å². The smallest absolute Gasteiger partial charge is 0.274 e. The molecule has 2 aromatic rings. The molecule has 0 bridgehead atoms. The average molecular weight is 290 g/mol. The van der Waals surface area contributed by atoms with Gasteiger partial charge in [0.15, 0.2) is 5.76 Å². The number of nitrogens with one attached hydrogen (secondary N) is 1. The number of nitrogen functional groups attached to an aromatic ring is 1. The van der Waals surface area contributed by atoms with Gasteiger partial charge in [0.1, 0.15) is 5.69 Å². The van der Waals surface area contributed by atoms with Gasteiger partial charge in [-0.15, -0.1) is 0 Å². The molecule has 3 heterocycles. The number of nitrogens with zero attached hydrogens (tertiary/aromatic N) is 4. The van der Waals surface area contributed by atoms with Crippen molar-refractivity contribution >= 4 is 11.6 Å². The zero-order valence-electron chi connectivity index (χ0n) is 11.9. The summed E-state index contributed by atoms with van der Waals surface area (Å²) in [7, 11) is 0. The van der Waals surface area contributed by atoms with Gasteiger partial charge in [-0.25, -0.2) is 0 Å². The Bertz CT molecular complexity index is 626. The Labute approximate surface area is 121 Å². The molecule has 1 amide bonds. The number of aromatic amines is 1. The topological polar surface area (TPSA) is 104 Å². The number of H-pyrrole nitrogens is 1. The first-order chi connectivity index (χ1) is 10.1. The van der Waals surface area contributed by atoms with Crippen molar-refractivity contribution in [1.82, 2.24) is 25.2 Å². The van der Waals surface area contributed by atoms with E-state index in [1.165, 1.54) is 6.20 Å². The molecule has 1 aliphatic heterocycles. The van der Waals surface area contributed by atoms with E-state index in [9.17, 15) is 4.79 Å². The van der Waals surface area contributed by atoms with Crippen LogP contribution >= 0.6 is 0 Å². The van der Waals surface area contributed by atoms with Crippen LogP contribution in [0.5, 0.6) is 0 Å². The number of amides is 1. The highest BCUT2D eigenvalue weighted by Crippen LogP contribution is 2.14. The lowest BCUT2D eigenvalue weighted by atomic mass is 10.2. The first-order valence-electron chi connectivity index (χ1n) is 6.86. The summed E-state index contributed by atoms with van der Waals surface area (Å²) < 4.78 is 5.21. The number of anilines is 1. The van der Waals surface area contributed by atoms with Gasteiger partial charge in [0.05, 0.1) is 24.1 Å². The maximum atomic E-state index is 12.3. The van der Waals surface area contributed by atoms with Crippen LogP contribution in [0.1, 0.15) is 21.9 Å². The third-order valence-corrected chi connectivity index (χ3v) is 3.60. The minimum absolute atomic E-state index is 0.0971. The predicted molar refractivity (Wildman–Crippen MR) is 75.4 cm³/mol. The molecular formula is C13H18N6O2. The van der Waals surface area contributed by atoms with Crippen molar-refractivity contribution in [2.45, 2.75) is 13.5 Å². The Balaban J connectivity index is 1.55. The van der Waals surface area contributed by atoms with E-state index < -0.39 is 0 Å². The molecule has 0 unspecified atom stereocenters. The molecule has 3 N–H and O–H groups in total. The fourth-order valence-electron chi connectivity index (χ4n) is 2.45. The van der Waals surface area contributed by atoms with Crippen molar-refractivity contribution in [3.63, 3.8) is 0 Å². The molecule has 2 aromatic heterocycles. The maximum absolute atomic E-state index is 12.3. The van der Waals surface area contributed by atoms with Crippen molar-refractivity contribution in [1.29, 1.82) is 0 Å². The molecule has 0 spiro atoms. The van der Waals surface area contributed by atoms with E-state index in [1.807, 2.05) is 13.0 Å². The summed E-state index contributed by atoms with van der Waals surface area (Å²) in [5.74, 6) is 0.755. The largest absolute Gasteiger partial charge is 0.396 e. The first-order valence-corrected chi connectivity index (χ1v) is 6.86. The zero-order valence-corrected chi connectivity index (χ0v) is 11.9. The number of hydrogen-bond donors (Lipinski definition) is 2. The maximum Gasteiger partial charge on any atom is 0.274 e. The van der Waals surface area contributed by atoms with E-state index >= 15 is 0 Å². The number of piperazine rings is 1. The van der Waals surface area contributed by atoms with Crippen LogP contribution in [0.25, 0.3) is 0 Å².